The number of anilines is 1. The van der Waals surface area contributed by atoms with Gasteiger partial charge in [-0.3, -0.25) is 0 Å². The van der Waals surface area contributed by atoms with Crippen LogP contribution in [0.2, 0.25) is 0 Å². The minimum Gasteiger partial charge on any atom is -0.381 e. The fourth-order valence-electron chi connectivity index (χ4n) is 4.04. The van der Waals surface area contributed by atoms with E-state index in [0.717, 1.165) is 42.7 Å². The van der Waals surface area contributed by atoms with Crippen LogP contribution in [0.5, 0.6) is 0 Å². The fraction of sp³-hybridized carbons (Fsp3) is 0.400. The Labute approximate surface area is 149 Å². The lowest BCUT2D eigenvalue weighted by molar-refractivity contribution is 0.346. The lowest BCUT2D eigenvalue weighted by Crippen LogP contribution is -2.22. The average Bonchev–Trinajstić information content (AvgIpc) is 2.84. The predicted octanol–water partition coefficient (Wildman–Crippen LogP) is 3.43. The summed E-state index contributed by atoms with van der Waals surface area (Å²) in [5, 5.41) is 3.60. The van der Waals surface area contributed by atoms with Gasteiger partial charge in [-0.1, -0.05) is 12.1 Å². The molecule has 0 bridgehead atoms. The molecule has 2 atom stereocenters. The fourth-order valence-corrected chi connectivity index (χ4v) is 5.44. The highest BCUT2D eigenvalue weighted by Gasteiger charge is 2.34. The van der Waals surface area contributed by atoms with E-state index in [1.807, 2.05) is 25.1 Å². The number of benzene rings is 2. The minimum absolute atomic E-state index is 0.371. The number of hydrogen-bond donors (Lipinski definition) is 1. The van der Waals surface area contributed by atoms with Crippen molar-refractivity contribution in [3.05, 3.63) is 53.6 Å². The Balaban J connectivity index is 1.73. The Morgan fingerprint density at radius 2 is 1.80 bits per heavy atom. The second-order valence-electron chi connectivity index (χ2n) is 7.31. The molecular weight excluding hydrogens is 332 g/mol. The van der Waals surface area contributed by atoms with Crippen molar-refractivity contribution in [3.8, 4) is 0 Å². The van der Waals surface area contributed by atoms with Gasteiger partial charge in [-0.2, -0.15) is 0 Å². The number of likely N-dealkylation sites (tertiary alicyclic amines) is 1. The maximum absolute atomic E-state index is 13.0. The van der Waals surface area contributed by atoms with Crippen LogP contribution in [0.3, 0.4) is 0 Å². The number of sulfone groups is 1. The molecule has 1 saturated heterocycles. The summed E-state index contributed by atoms with van der Waals surface area (Å²) in [7, 11) is -1.33. The molecule has 0 aliphatic carbocycles. The molecule has 1 N–H and O–H groups in total. The summed E-state index contributed by atoms with van der Waals surface area (Å²) in [6.45, 7) is 4.05. The van der Waals surface area contributed by atoms with Gasteiger partial charge < -0.3 is 10.2 Å². The third-order valence-corrected chi connectivity index (χ3v) is 7.25. The van der Waals surface area contributed by atoms with E-state index in [0.29, 0.717) is 21.8 Å². The van der Waals surface area contributed by atoms with Gasteiger partial charge in [0.15, 0.2) is 0 Å². The molecule has 0 amide bonds. The number of fused-ring (bicyclic) bond motifs is 3. The van der Waals surface area contributed by atoms with Crippen LogP contribution in [-0.4, -0.2) is 39.5 Å². The molecule has 25 heavy (non-hydrogen) atoms. The second kappa shape index (κ2) is 6.15. The number of aryl methyl sites for hydroxylation is 1. The van der Waals surface area contributed by atoms with Gasteiger partial charge in [0.1, 0.15) is 0 Å². The normalized spacial score (nSPS) is 23.4. The Morgan fingerprint density at radius 3 is 2.60 bits per heavy atom. The third kappa shape index (κ3) is 2.96. The molecule has 2 aliphatic heterocycles. The van der Waals surface area contributed by atoms with E-state index in [4.69, 9.17) is 0 Å². The molecule has 2 aromatic rings. The molecule has 2 aliphatic rings. The van der Waals surface area contributed by atoms with Gasteiger partial charge in [0.25, 0.3) is 0 Å². The van der Waals surface area contributed by atoms with Crippen molar-refractivity contribution >= 4 is 15.5 Å². The Kier molecular flexibility index (Phi) is 4.08. The number of nitrogens with one attached hydrogen (secondary N) is 1. The maximum atomic E-state index is 13.0. The van der Waals surface area contributed by atoms with Gasteiger partial charge in [-0.05, 0) is 81.4 Å². The molecule has 1 fully saturated rings. The summed E-state index contributed by atoms with van der Waals surface area (Å²) >= 11 is 0. The van der Waals surface area contributed by atoms with Crippen molar-refractivity contribution < 1.29 is 8.42 Å². The van der Waals surface area contributed by atoms with E-state index >= 15 is 0 Å². The highest BCUT2D eigenvalue weighted by Crippen LogP contribution is 2.42. The zero-order valence-corrected chi connectivity index (χ0v) is 15.5. The predicted molar refractivity (Wildman–Crippen MR) is 100.0 cm³/mol. The first-order chi connectivity index (χ1) is 11.9. The van der Waals surface area contributed by atoms with Crippen LogP contribution in [0.4, 0.5) is 5.69 Å². The quantitative estimate of drug-likeness (QED) is 0.896. The van der Waals surface area contributed by atoms with Crippen molar-refractivity contribution in [2.75, 3.05) is 25.5 Å². The number of nitrogens with zero attached hydrogens (tertiary/aromatic N) is 1. The van der Waals surface area contributed by atoms with E-state index in [9.17, 15) is 8.42 Å². The molecule has 5 heteroatoms. The molecule has 2 heterocycles. The molecular formula is C20H24N2O2S. The van der Waals surface area contributed by atoms with E-state index in [-0.39, 0.29) is 0 Å². The summed E-state index contributed by atoms with van der Waals surface area (Å²) < 4.78 is 26.1. The van der Waals surface area contributed by atoms with Crippen molar-refractivity contribution in [3.63, 3.8) is 0 Å². The zero-order chi connectivity index (χ0) is 17.6. The van der Waals surface area contributed by atoms with Crippen LogP contribution < -0.4 is 5.32 Å². The number of rotatable bonds is 2. The van der Waals surface area contributed by atoms with Crippen molar-refractivity contribution in [2.45, 2.75) is 41.5 Å². The smallest absolute Gasteiger partial charge is 0.206 e. The van der Waals surface area contributed by atoms with Crippen molar-refractivity contribution in [2.24, 2.45) is 0 Å². The molecule has 4 rings (SSSR count). The Hall–Kier alpha value is -1.85. The highest BCUT2D eigenvalue weighted by molar-refractivity contribution is 7.91. The van der Waals surface area contributed by atoms with Crippen LogP contribution in [0.25, 0.3) is 0 Å². The van der Waals surface area contributed by atoms with Gasteiger partial charge in [0, 0.05) is 17.6 Å². The van der Waals surface area contributed by atoms with Crippen LogP contribution in [0, 0.1) is 6.92 Å². The molecule has 132 valence electrons. The minimum atomic E-state index is -3.48. The Morgan fingerprint density at radius 1 is 1.04 bits per heavy atom. The maximum Gasteiger partial charge on any atom is 0.206 e. The first-order valence-electron chi connectivity index (χ1n) is 8.86. The number of hydrogen-bond acceptors (Lipinski definition) is 4. The molecule has 2 aromatic carbocycles. The summed E-state index contributed by atoms with van der Waals surface area (Å²) in [4.78, 5) is 3.12. The highest BCUT2D eigenvalue weighted by atomic mass is 32.2. The molecule has 0 radical (unpaired) electrons. The van der Waals surface area contributed by atoms with Crippen LogP contribution in [0.1, 0.15) is 29.9 Å². The topological polar surface area (TPSA) is 49.4 Å². The first kappa shape index (κ1) is 16.6. The van der Waals surface area contributed by atoms with E-state index < -0.39 is 9.84 Å². The summed E-state index contributed by atoms with van der Waals surface area (Å²) in [6.07, 6.45) is 2.16. The lowest BCUT2D eigenvalue weighted by atomic mass is 9.91. The second-order valence-corrected chi connectivity index (χ2v) is 9.26. The van der Waals surface area contributed by atoms with Gasteiger partial charge >= 0.3 is 0 Å². The van der Waals surface area contributed by atoms with E-state index in [1.165, 1.54) is 0 Å². The largest absolute Gasteiger partial charge is 0.381 e. The van der Waals surface area contributed by atoms with Crippen molar-refractivity contribution in [1.82, 2.24) is 4.90 Å². The van der Waals surface area contributed by atoms with Gasteiger partial charge in [-0.25, -0.2) is 8.42 Å². The third-order valence-electron chi connectivity index (χ3n) is 5.50. The Bertz CT molecular complexity index is 908. The molecule has 0 saturated carbocycles. The first-order valence-corrected chi connectivity index (χ1v) is 10.3. The van der Waals surface area contributed by atoms with E-state index in [2.05, 4.69) is 17.3 Å². The zero-order valence-electron chi connectivity index (χ0n) is 14.7. The van der Waals surface area contributed by atoms with Crippen molar-refractivity contribution in [1.29, 1.82) is 0 Å². The lowest BCUT2D eigenvalue weighted by Gasteiger charge is -2.16. The van der Waals surface area contributed by atoms with Crippen LogP contribution >= 0.6 is 0 Å². The summed E-state index contributed by atoms with van der Waals surface area (Å²) in [6, 6.07) is 13.1. The molecule has 0 spiro atoms. The van der Waals surface area contributed by atoms with Crippen LogP contribution in [-0.2, 0) is 9.84 Å². The summed E-state index contributed by atoms with van der Waals surface area (Å²) in [5.74, 6) is 0.396. The van der Waals surface area contributed by atoms with Gasteiger partial charge in [0.2, 0.25) is 9.84 Å². The van der Waals surface area contributed by atoms with Gasteiger partial charge in [0.05, 0.1) is 9.79 Å². The SMILES string of the molecule is Cc1cccc(S(=O)(=O)c2ccc3c(c2)[C@H]2CCN(C)CCC2N3)c1. The standard InChI is InChI=1S/C20H24N2O2S/c1-14-4-3-5-15(12-14)25(23,24)16-6-7-19-18(13-16)17-8-10-22(2)11-9-20(17)21-19/h3-7,12-13,17,20-21H,8-11H2,1-2H3/t17-,20?/m1/s1. The molecule has 4 nitrogen and oxygen atoms in total. The average molecular weight is 356 g/mol. The van der Waals surface area contributed by atoms with Gasteiger partial charge in [-0.15, -0.1) is 0 Å². The monoisotopic (exact) mass is 356 g/mol. The summed E-state index contributed by atoms with van der Waals surface area (Å²) in [5.41, 5.74) is 3.22. The molecule has 1 unspecified atom stereocenters. The molecule has 0 aromatic heterocycles. The van der Waals surface area contributed by atoms with Crippen LogP contribution in [0.15, 0.2) is 52.3 Å². The van der Waals surface area contributed by atoms with E-state index in [1.54, 1.807) is 24.3 Å².